The van der Waals surface area contributed by atoms with Gasteiger partial charge in [0.05, 0.1) is 11.4 Å². The molecule has 2 aromatic carbocycles. The fraction of sp³-hybridized carbons (Fsp3) is 0.125. The summed E-state index contributed by atoms with van der Waals surface area (Å²) in [5.41, 5.74) is 2.87. The molecule has 20 heavy (non-hydrogen) atoms. The van der Waals surface area contributed by atoms with Gasteiger partial charge in [-0.1, -0.05) is 71.0 Å². The summed E-state index contributed by atoms with van der Waals surface area (Å²) < 4.78 is 0. The molecule has 0 heterocycles. The Bertz CT molecular complexity index is 537. The molecule has 0 bridgehead atoms. The van der Waals surface area contributed by atoms with Crippen LogP contribution >= 0.6 is 0 Å². The van der Waals surface area contributed by atoms with Crippen molar-refractivity contribution >= 4 is 11.4 Å². The fourth-order valence-electron chi connectivity index (χ4n) is 2.00. The first-order valence-corrected chi connectivity index (χ1v) is 6.38. The van der Waals surface area contributed by atoms with Crippen LogP contribution in [0.15, 0.2) is 71.0 Å². The van der Waals surface area contributed by atoms with E-state index in [-0.39, 0.29) is 0 Å². The van der Waals surface area contributed by atoms with Gasteiger partial charge in [-0.25, -0.2) is 0 Å². The van der Waals surface area contributed by atoms with E-state index in [0.29, 0.717) is 24.3 Å². The van der Waals surface area contributed by atoms with Gasteiger partial charge in [-0.2, -0.15) is 0 Å². The standard InChI is InChI=1S/C16H16N2O2/c19-17-15(13-7-3-1-4-8-13)11-12-16(18-20)14-9-5-2-6-10-14/h1-10,19-20H,11-12H2. The molecule has 0 saturated heterocycles. The van der Waals surface area contributed by atoms with E-state index < -0.39 is 0 Å². The van der Waals surface area contributed by atoms with Gasteiger partial charge in [0.15, 0.2) is 0 Å². The van der Waals surface area contributed by atoms with Crippen LogP contribution in [0.25, 0.3) is 0 Å². The zero-order chi connectivity index (χ0) is 14.2. The van der Waals surface area contributed by atoms with Gasteiger partial charge in [0.2, 0.25) is 0 Å². The molecule has 2 aromatic rings. The number of oxime groups is 2. The highest BCUT2D eigenvalue weighted by Crippen LogP contribution is 2.11. The number of benzene rings is 2. The first-order chi connectivity index (χ1) is 9.85. The Hall–Kier alpha value is -2.62. The molecular weight excluding hydrogens is 252 g/mol. The second kappa shape index (κ2) is 7.09. The third kappa shape index (κ3) is 3.45. The third-order valence-corrected chi connectivity index (χ3v) is 3.05. The molecule has 0 fully saturated rings. The first-order valence-electron chi connectivity index (χ1n) is 6.38. The zero-order valence-corrected chi connectivity index (χ0v) is 11.0. The molecule has 0 aromatic heterocycles. The van der Waals surface area contributed by atoms with Crippen LogP contribution in [-0.4, -0.2) is 21.8 Å². The maximum atomic E-state index is 9.12. The molecule has 0 aliphatic carbocycles. The lowest BCUT2D eigenvalue weighted by Gasteiger charge is -2.06. The van der Waals surface area contributed by atoms with E-state index in [0.717, 1.165) is 11.1 Å². The summed E-state index contributed by atoms with van der Waals surface area (Å²) in [6.07, 6.45) is 0.990. The summed E-state index contributed by atoms with van der Waals surface area (Å²) in [4.78, 5) is 0. The van der Waals surface area contributed by atoms with E-state index in [4.69, 9.17) is 10.4 Å². The van der Waals surface area contributed by atoms with Crippen LogP contribution in [0.3, 0.4) is 0 Å². The van der Waals surface area contributed by atoms with Gasteiger partial charge in [-0.15, -0.1) is 0 Å². The maximum absolute atomic E-state index is 9.12. The molecule has 4 heteroatoms. The molecule has 0 amide bonds. The minimum Gasteiger partial charge on any atom is -0.411 e. The summed E-state index contributed by atoms with van der Waals surface area (Å²) in [5, 5.41) is 24.9. The Labute approximate surface area is 117 Å². The minimum absolute atomic E-state index is 0.495. The predicted octanol–water partition coefficient (Wildman–Crippen LogP) is 3.52. The lowest BCUT2D eigenvalue weighted by molar-refractivity contribution is 0.316. The minimum atomic E-state index is 0.495. The molecule has 2 rings (SSSR count). The summed E-state index contributed by atoms with van der Waals surface area (Å²) >= 11 is 0. The number of rotatable bonds is 5. The largest absolute Gasteiger partial charge is 0.411 e. The quantitative estimate of drug-likeness (QED) is 0.495. The average Bonchev–Trinajstić information content (AvgIpc) is 2.53. The molecule has 0 atom stereocenters. The van der Waals surface area contributed by atoms with E-state index in [1.54, 1.807) is 0 Å². The Balaban J connectivity index is 2.07. The predicted molar refractivity (Wildman–Crippen MR) is 78.8 cm³/mol. The van der Waals surface area contributed by atoms with Gasteiger partial charge >= 0.3 is 0 Å². The van der Waals surface area contributed by atoms with Crippen molar-refractivity contribution in [3.8, 4) is 0 Å². The van der Waals surface area contributed by atoms with Gasteiger partial charge in [0.25, 0.3) is 0 Å². The van der Waals surface area contributed by atoms with Crippen LogP contribution in [0.5, 0.6) is 0 Å². The molecule has 0 spiro atoms. The molecule has 2 N–H and O–H groups in total. The van der Waals surface area contributed by atoms with E-state index >= 15 is 0 Å². The smallest absolute Gasteiger partial charge is 0.0871 e. The molecule has 0 saturated carbocycles. The van der Waals surface area contributed by atoms with Crippen LogP contribution < -0.4 is 0 Å². The molecule has 4 nitrogen and oxygen atoms in total. The molecule has 0 aliphatic heterocycles. The molecule has 102 valence electrons. The Morgan fingerprint density at radius 3 is 1.30 bits per heavy atom. The van der Waals surface area contributed by atoms with Crippen molar-refractivity contribution in [3.63, 3.8) is 0 Å². The monoisotopic (exact) mass is 268 g/mol. The highest BCUT2D eigenvalue weighted by molar-refractivity contribution is 6.06. The SMILES string of the molecule is ON=C(CCC(=NO)c1ccccc1)c1ccccc1. The van der Waals surface area contributed by atoms with Crippen molar-refractivity contribution in [2.24, 2.45) is 10.3 Å². The lowest BCUT2D eigenvalue weighted by Crippen LogP contribution is -2.07. The highest BCUT2D eigenvalue weighted by atomic mass is 16.4. The van der Waals surface area contributed by atoms with Gasteiger partial charge in [-0.05, 0) is 24.0 Å². The Morgan fingerprint density at radius 2 is 1.00 bits per heavy atom. The highest BCUT2D eigenvalue weighted by Gasteiger charge is 2.09. The summed E-state index contributed by atoms with van der Waals surface area (Å²) in [7, 11) is 0. The summed E-state index contributed by atoms with van der Waals surface area (Å²) in [6.45, 7) is 0. The van der Waals surface area contributed by atoms with Gasteiger partial charge in [0, 0.05) is 0 Å². The normalized spacial score (nSPS) is 12.4. The van der Waals surface area contributed by atoms with Crippen molar-refractivity contribution in [1.82, 2.24) is 0 Å². The summed E-state index contributed by atoms with van der Waals surface area (Å²) in [5.74, 6) is 0. The maximum Gasteiger partial charge on any atom is 0.0871 e. The second-order valence-electron chi connectivity index (χ2n) is 4.33. The van der Waals surface area contributed by atoms with Gasteiger partial charge in [0.1, 0.15) is 0 Å². The first kappa shape index (κ1) is 13.8. The van der Waals surface area contributed by atoms with Crippen LogP contribution in [0, 0.1) is 0 Å². The average molecular weight is 268 g/mol. The van der Waals surface area contributed by atoms with E-state index in [1.807, 2.05) is 60.7 Å². The second-order valence-corrected chi connectivity index (χ2v) is 4.33. The summed E-state index contributed by atoms with van der Waals surface area (Å²) in [6, 6.07) is 18.9. The van der Waals surface area contributed by atoms with Crippen LogP contribution in [0.1, 0.15) is 24.0 Å². The molecule has 0 unspecified atom stereocenters. The topological polar surface area (TPSA) is 65.2 Å². The van der Waals surface area contributed by atoms with E-state index in [9.17, 15) is 0 Å². The fourth-order valence-corrected chi connectivity index (χ4v) is 2.00. The van der Waals surface area contributed by atoms with E-state index in [2.05, 4.69) is 10.3 Å². The van der Waals surface area contributed by atoms with Crippen molar-refractivity contribution in [2.75, 3.05) is 0 Å². The van der Waals surface area contributed by atoms with Crippen molar-refractivity contribution in [1.29, 1.82) is 0 Å². The lowest BCUT2D eigenvalue weighted by atomic mass is 10.0. The number of nitrogens with zero attached hydrogens (tertiary/aromatic N) is 2. The van der Waals surface area contributed by atoms with Crippen LogP contribution in [-0.2, 0) is 0 Å². The van der Waals surface area contributed by atoms with Gasteiger partial charge < -0.3 is 10.4 Å². The Morgan fingerprint density at radius 1 is 0.650 bits per heavy atom. The van der Waals surface area contributed by atoms with Gasteiger partial charge in [-0.3, -0.25) is 0 Å². The van der Waals surface area contributed by atoms with E-state index in [1.165, 1.54) is 0 Å². The number of hydrogen-bond acceptors (Lipinski definition) is 4. The van der Waals surface area contributed by atoms with Crippen molar-refractivity contribution < 1.29 is 10.4 Å². The van der Waals surface area contributed by atoms with Crippen LogP contribution in [0.2, 0.25) is 0 Å². The van der Waals surface area contributed by atoms with Crippen LogP contribution in [0.4, 0.5) is 0 Å². The van der Waals surface area contributed by atoms with Crippen molar-refractivity contribution in [3.05, 3.63) is 71.8 Å². The number of hydrogen-bond donors (Lipinski definition) is 2. The molecule has 0 radical (unpaired) electrons. The molecule has 0 aliphatic rings. The van der Waals surface area contributed by atoms with Crippen molar-refractivity contribution in [2.45, 2.75) is 12.8 Å². The zero-order valence-electron chi connectivity index (χ0n) is 11.0. The molecular formula is C16H16N2O2. The third-order valence-electron chi connectivity index (χ3n) is 3.05. The Kier molecular flexibility index (Phi) is 4.89.